The maximum Gasteiger partial charge on any atom is 0.469 e. The van der Waals surface area contributed by atoms with Crippen molar-refractivity contribution in [2.75, 3.05) is 5.32 Å². The summed E-state index contributed by atoms with van der Waals surface area (Å²) in [7, 11) is 0. The van der Waals surface area contributed by atoms with Crippen LogP contribution in [0.15, 0.2) is 59.5 Å². The zero-order valence-corrected chi connectivity index (χ0v) is 18.0. The van der Waals surface area contributed by atoms with Gasteiger partial charge in [-0.15, -0.1) is 4.90 Å². The Balaban J connectivity index is 1.55. The van der Waals surface area contributed by atoms with E-state index in [9.17, 15) is 9.59 Å². The minimum atomic E-state index is -0.280. The lowest BCUT2D eigenvalue weighted by Gasteiger charge is -2.08. The molecule has 0 spiro atoms. The van der Waals surface area contributed by atoms with Crippen molar-refractivity contribution in [1.29, 1.82) is 0 Å². The number of anilines is 1. The first-order valence-corrected chi connectivity index (χ1v) is 10.2. The van der Waals surface area contributed by atoms with Gasteiger partial charge in [-0.25, -0.2) is 4.67 Å². The van der Waals surface area contributed by atoms with Gasteiger partial charge in [0.25, 0.3) is 11.7 Å². The molecule has 2 aliphatic rings. The van der Waals surface area contributed by atoms with Gasteiger partial charge in [0.2, 0.25) is 5.71 Å². The van der Waals surface area contributed by atoms with Gasteiger partial charge < -0.3 is 5.32 Å². The second kappa shape index (κ2) is 8.71. The van der Waals surface area contributed by atoms with E-state index in [4.69, 9.17) is 0 Å². The number of carbonyl (C=O) groups is 2. The Morgan fingerprint density at radius 3 is 2.75 bits per heavy atom. The number of allylic oxidation sites excluding steroid dienone is 1. The molecule has 0 saturated heterocycles. The third-order valence-electron chi connectivity index (χ3n) is 5.05. The van der Waals surface area contributed by atoms with E-state index in [-0.39, 0.29) is 11.7 Å². The maximum absolute atomic E-state index is 12.7. The van der Waals surface area contributed by atoms with E-state index in [1.807, 2.05) is 26.0 Å². The number of fused-ring (bicyclic) bond motifs is 1. The highest BCUT2D eigenvalue weighted by Gasteiger charge is 2.35. The molecule has 7 heteroatoms. The first-order valence-electron chi connectivity index (χ1n) is 10.2. The summed E-state index contributed by atoms with van der Waals surface area (Å²) in [6, 6.07) is 12.2. The number of nitrogens with one attached hydrogen (secondary N) is 1. The standard InChI is InChI=1S/C25H20N5O2/c1-4-21-14-24-29-28-23(30(24)15-26-21)11-10-18-12-20(9-8-16(18)2)25(32)27-22-7-5-6-19(13-22)17(3)31/h5-9,12-15H,4H2,1-3H3/q+1/p+1. The molecule has 0 fully saturated rings. The Morgan fingerprint density at radius 2 is 1.97 bits per heavy atom. The normalized spacial score (nSPS) is 13.5. The highest BCUT2D eigenvalue weighted by atomic mass is 16.1. The zero-order chi connectivity index (χ0) is 22.7. The quantitative estimate of drug-likeness (QED) is 0.466. The fourth-order valence-electron chi connectivity index (χ4n) is 3.15. The summed E-state index contributed by atoms with van der Waals surface area (Å²) in [5, 5.41) is 6.99. The number of hydrogen-bond acceptors (Lipinski definition) is 4. The van der Waals surface area contributed by atoms with Crippen molar-refractivity contribution in [3.05, 3.63) is 76.6 Å². The topological polar surface area (TPSA) is 90.0 Å². The molecule has 1 amide bonds. The van der Waals surface area contributed by atoms with E-state index in [1.165, 1.54) is 6.92 Å². The van der Waals surface area contributed by atoms with Crippen molar-refractivity contribution in [1.82, 2.24) is 9.57 Å². The number of carbonyl (C=O) groups excluding carboxylic acids is 2. The minimum absolute atomic E-state index is 0.0591. The Morgan fingerprint density at radius 1 is 1.12 bits per heavy atom. The SMILES string of the molecule is CCC1=[N+]=CN2C(=C1)N=[N+]=C2C#Cc1cc(C(=O)Nc2cccc(C(C)=O)c2)ccc1C. The number of hydrogen-bond donors (Lipinski definition) is 1. The molecule has 2 aromatic carbocycles. The van der Waals surface area contributed by atoms with Gasteiger partial charge in [-0.05, 0) is 43.7 Å². The number of rotatable bonds is 4. The summed E-state index contributed by atoms with van der Waals surface area (Å²) in [6.45, 7) is 5.45. The summed E-state index contributed by atoms with van der Waals surface area (Å²) in [5.74, 6) is 6.95. The Labute approximate surface area is 185 Å². The molecule has 0 saturated carbocycles. The van der Waals surface area contributed by atoms with Crippen LogP contribution in [-0.4, -0.2) is 39.3 Å². The molecule has 0 atom stereocenters. The lowest BCUT2D eigenvalue weighted by molar-refractivity contribution is -0.0718. The Bertz CT molecular complexity index is 1370. The molecule has 2 heterocycles. The number of benzene rings is 2. The molecule has 0 aromatic heterocycles. The van der Waals surface area contributed by atoms with Crippen LogP contribution in [0.1, 0.15) is 52.1 Å². The van der Waals surface area contributed by atoms with Crippen LogP contribution in [0.5, 0.6) is 0 Å². The van der Waals surface area contributed by atoms with Crippen molar-refractivity contribution >= 4 is 35.3 Å². The average molecular weight is 423 g/mol. The fraction of sp³-hybridized carbons (Fsp3) is 0.160. The second-order valence-electron chi connectivity index (χ2n) is 7.36. The maximum atomic E-state index is 12.7. The molecule has 1 N–H and O–H groups in total. The first kappa shape index (κ1) is 20.8. The molecule has 32 heavy (non-hydrogen) atoms. The molecule has 0 unspecified atom stereocenters. The fourth-order valence-corrected chi connectivity index (χ4v) is 3.15. The molecule has 0 aliphatic carbocycles. The van der Waals surface area contributed by atoms with Crippen LogP contribution >= 0.6 is 0 Å². The molecular weight excluding hydrogens is 402 g/mol. The van der Waals surface area contributed by atoms with Gasteiger partial charge in [0, 0.05) is 34.7 Å². The predicted octanol–water partition coefficient (Wildman–Crippen LogP) is 2.98. The lowest BCUT2D eigenvalue weighted by Crippen LogP contribution is -2.29. The molecule has 2 aromatic rings. The highest BCUT2D eigenvalue weighted by molar-refractivity contribution is 6.08. The third-order valence-corrected chi connectivity index (χ3v) is 5.05. The van der Waals surface area contributed by atoms with Gasteiger partial charge in [0.1, 0.15) is 0 Å². The van der Waals surface area contributed by atoms with E-state index in [2.05, 4.69) is 31.7 Å². The number of aryl methyl sites for hydroxylation is 1. The first-order chi connectivity index (χ1) is 15.4. The number of nitrogens with zero attached hydrogens (tertiary/aromatic N) is 4. The van der Waals surface area contributed by atoms with Gasteiger partial charge in [-0.2, -0.15) is 0 Å². The van der Waals surface area contributed by atoms with Crippen LogP contribution in [0.3, 0.4) is 0 Å². The van der Waals surface area contributed by atoms with E-state index in [0.29, 0.717) is 34.0 Å². The predicted molar refractivity (Wildman–Crippen MR) is 124 cm³/mol. The minimum Gasteiger partial charge on any atom is -0.322 e. The van der Waals surface area contributed by atoms with E-state index in [0.717, 1.165) is 17.7 Å². The van der Waals surface area contributed by atoms with Crippen molar-refractivity contribution in [3.63, 3.8) is 0 Å². The molecule has 2 aliphatic heterocycles. The van der Waals surface area contributed by atoms with Gasteiger partial charge >= 0.3 is 12.2 Å². The lowest BCUT2D eigenvalue weighted by atomic mass is 10.0. The summed E-state index contributed by atoms with van der Waals surface area (Å²) in [5.41, 5.74) is 4.16. The molecule has 4 rings (SSSR count). The van der Waals surface area contributed by atoms with Crippen LogP contribution in [0, 0.1) is 18.8 Å². The number of amidine groups is 1. The molecule has 7 nitrogen and oxygen atoms in total. The summed E-state index contributed by atoms with van der Waals surface area (Å²) in [6.07, 6.45) is 4.37. The molecule has 0 bridgehead atoms. The van der Waals surface area contributed by atoms with Gasteiger partial charge in [-0.1, -0.05) is 35.8 Å². The zero-order valence-electron chi connectivity index (χ0n) is 18.0. The van der Waals surface area contributed by atoms with Crippen LogP contribution in [-0.2, 0) is 0 Å². The highest BCUT2D eigenvalue weighted by Crippen LogP contribution is 2.16. The van der Waals surface area contributed by atoms with Crippen molar-refractivity contribution in [3.8, 4) is 11.8 Å². The van der Waals surface area contributed by atoms with Crippen molar-refractivity contribution in [2.24, 2.45) is 5.11 Å². The van der Waals surface area contributed by atoms with Gasteiger partial charge in [-0.3, -0.25) is 9.59 Å². The van der Waals surface area contributed by atoms with Crippen LogP contribution in [0.2, 0.25) is 0 Å². The van der Waals surface area contributed by atoms with E-state index >= 15 is 0 Å². The largest absolute Gasteiger partial charge is 0.469 e. The molecule has 0 radical (unpaired) electrons. The van der Waals surface area contributed by atoms with E-state index in [1.54, 1.807) is 47.6 Å². The number of amides is 1. The number of Topliss-reactive ketones (excluding diaryl/α,β-unsaturated/α-hetero) is 1. The molecular formula is C25H21N5O2+2. The average Bonchev–Trinajstić information content (AvgIpc) is 3.20. The molecule has 156 valence electrons. The second-order valence-corrected chi connectivity index (χ2v) is 7.36. The van der Waals surface area contributed by atoms with Crippen molar-refractivity contribution < 1.29 is 14.4 Å². The Kier molecular flexibility index (Phi) is 5.65. The summed E-state index contributed by atoms with van der Waals surface area (Å²) >= 11 is 0. The number of ketones is 1. The third kappa shape index (κ3) is 4.33. The van der Waals surface area contributed by atoms with Gasteiger partial charge in [0.15, 0.2) is 5.78 Å². The Hall–Kier alpha value is -4.49. The monoisotopic (exact) mass is 423 g/mol. The van der Waals surface area contributed by atoms with Crippen LogP contribution in [0.4, 0.5) is 5.69 Å². The smallest absolute Gasteiger partial charge is 0.322 e. The summed E-state index contributed by atoms with van der Waals surface area (Å²) < 4.78 is 4.37. The van der Waals surface area contributed by atoms with Crippen molar-refractivity contribution in [2.45, 2.75) is 27.2 Å². The van der Waals surface area contributed by atoms with E-state index < -0.39 is 0 Å². The summed E-state index contributed by atoms with van der Waals surface area (Å²) in [4.78, 5) is 30.2. The van der Waals surface area contributed by atoms with Crippen LogP contribution in [0.25, 0.3) is 0 Å². The van der Waals surface area contributed by atoms with Crippen LogP contribution < -0.4 is 9.98 Å². The van der Waals surface area contributed by atoms with Gasteiger partial charge in [0.05, 0.1) is 11.2 Å².